The van der Waals surface area contributed by atoms with Crippen LogP contribution in [0.15, 0.2) is 65.6 Å². The van der Waals surface area contributed by atoms with Gasteiger partial charge in [0.05, 0.1) is 11.3 Å². The molecule has 0 saturated carbocycles. The van der Waals surface area contributed by atoms with Gasteiger partial charge in [-0.1, -0.05) is 30.3 Å². The fourth-order valence-electron chi connectivity index (χ4n) is 4.23. The number of nitrogens with one attached hydrogen (secondary N) is 1. The van der Waals surface area contributed by atoms with E-state index in [-0.39, 0.29) is 50.7 Å². The molecule has 1 saturated heterocycles. The number of hydrogen-bond donors (Lipinski definition) is 2. The zero-order chi connectivity index (χ0) is 28.6. The van der Waals surface area contributed by atoms with Crippen LogP contribution in [0, 0.1) is 10.1 Å². The van der Waals surface area contributed by atoms with Crippen LogP contribution in [0.4, 0.5) is 5.69 Å². The number of β-lactam (4-membered cyclic amide) rings is 1. The zero-order valence-electron chi connectivity index (χ0n) is 21.3. The molecule has 3 atom stereocenters. The molecular weight excluding hydrogens is 542 g/mol. The van der Waals surface area contributed by atoms with Gasteiger partial charge in [0.2, 0.25) is 11.8 Å². The van der Waals surface area contributed by atoms with E-state index in [0.717, 1.165) is 5.56 Å². The van der Waals surface area contributed by atoms with Gasteiger partial charge < -0.3 is 24.8 Å². The number of benzene rings is 2. The summed E-state index contributed by atoms with van der Waals surface area (Å²) in [6.07, 6.45) is 0.310. The first kappa shape index (κ1) is 28.8. The number of non-ortho nitro benzene ring substituents is 1. The van der Waals surface area contributed by atoms with Gasteiger partial charge >= 0.3 is 11.9 Å². The molecule has 210 valence electrons. The van der Waals surface area contributed by atoms with Gasteiger partial charge in [0.1, 0.15) is 24.6 Å². The summed E-state index contributed by atoms with van der Waals surface area (Å²) < 4.78 is 10.7. The Balaban J connectivity index is 1.45. The van der Waals surface area contributed by atoms with Crippen LogP contribution < -0.4 is 5.32 Å². The molecule has 40 heavy (non-hydrogen) atoms. The van der Waals surface area contributed by atoms with E-state index in [1.807, 2.05) is 18.2 Å². The van der Waals surface area contributed by atoms with Crippen LogP contribution >= 0.6 is 11.8 Å². The number of hydrogen-bond acceptors (Lipinski definition) is 10. The highest BCUT2D eigenvalue weighted by atomic mass is 32.2. The Morgan fingerprint density at radius 2 is 1.75 bits per heavy atom. The lowest BCUT2D eigenvalue weighted by molar-refractivity contribution is -0.384. The minimum atomic E-state index is -1.19. The third kappa shape index (κ3) is 6.85. The van der Waals surface area contributed by atoms with Crippen molar-refractivity contribution < 1.29 is 38.7 Å². The SMILES string of the molecule is O=C(Cc1ccccc1)NC1C(=O)N2C(C(=O)OCc3ccc([N+](=O)[O-])cc3)C(COC(=O)CCCO)=CS[C@@H]12. The van der Waals surface area contributed by atoms with Gasteiger partial charge in [-0.25, -0.2) is 4.79 Å². The number of esters is 2. The van der Waals surface area contributed by atoms with Gasteiger partial charge in [-0.15, -0.1) is 11.8 Å². The molecule has 2 aromatic carbocycles. The number of rotatable bonds is 12. The fraction of sp³-hybridized carbons (Fsp3) is 0.333. The van der Waals surface area contributed by atoms with Crippen molar-refractivity contribution >= 4 is 41.2 Å². The Morgan fingerprint density at radius 1 is 1.02 bits per heavy atom. The van der Waals surface area contributed by atoms with Crippen molar-refractivity contribution in [3.05, 3.63) is 86.8 Å². The van der Waals surface area contributed by atoms with E-state index in [1.54, 1.807) is 17.5 Å². The maximum absolute atomic E-state index is 13.2. The van der Waals surface area contributed by atoms with Crippen molar-refractivity contribution in [3.8, 4) is 0 Å². The van der Waals surface area contributed by atoms with Crippen LogP contribution in [0.2, 0.25) is 0 Å². The fourth-order valence-corrected chi connectivity index (χ4v) is 5.44. The predicted molar refractivity (Wildman–Crippen MR) is 142 cm³/mol. The molecule has 2 heterocycles. The number of ether oxygens (including phenoxy) is 2. The van der Waals surface area contributed by atoms with Gasteiger partial charge in [0, 0.05) is 30.7 Å². The number of amides is 2. The molecule has 2 aliphatic heterocycles. The second-order valence-corrected chi connectivity index (χ2v) is 10.1. The molecule has 0 aromatic heterocycles. The van der Waals surface area contributed by atoms with Gasteiger partial charge in [0.15, 0.2) is 6.04 Å². The van der Waals surface area contributed by atoms with Crippen molar-refractivity contribution in [1.29, 1.82) is 0 Å². The molecule has 0 aliphatic carbocycles. The first-order valence-electron chi connectivity index (χ1n) is 12.4. The highest BCUT2D eigenvalue weighted by Crippen LogP contribution is 2.40. The standard InChI is InChI=1S/C27H27N3O9S/c31-12-4-7-22(33)38-15-19-16-40-26-23(28-21(32)13-17-5-2-1-3-6-17)25(34)29(26)24(19)27(35)39-14-18-8-10-20(11-9-18)30(36)37/h1-3,5-6,8-11,16,23-24,26,31H,4,7,12-15H2,(H,28,32)/t23?,24?,26-/m0/s1. The van der Waals surface area contributed by atoms with Crippen LogP contribution in [-0.2, 0) is 41.7 Å². The van der Waals surface area contributed by atoms with Gasteiger partial charge in [0.25, 0.3) is 5.69 Å². The molecule has 0 bridgehead atoms. The first-order chi connectivity index (χ1) is 19.3. The molecule has 2 aliphatic rings. The summed E-state index contributed by atoms with van der Waals surface area (Å²) in [5.41, 5.74) is 1.51. The molecule has 2 N–H and O–H groups in total. The minimum absolute atomic E-state index is 0.00697. The zero-order valence-corrected chi connectivity index (χ0v) is 22.1. The van der Waals surface area contributed by atoms with E-state index >= 15 is 0 Å². The van der Waals surface area contributed by atoms with Crippen molar-refractivity contribution in [2.24, 2.45) is 0 Å². The largest absolute Gasteiger partial charge is 0.461 e. The lowest BCUT2D eigenvalue weighted by Crippen LogP contribution is -2.74. The molecule has 2 unspecified atom stereocenters. The second-order valence-electron chi connectivity index (χ2n) is 9.09. The lowest BCUT2D eigenvalue weighted by atomic mass is 9.98. The first-order valence-corrected chi connectivity index (χ1v) is 13.4. The number of thioether (sulfide) groups is 1. The highest BCUT2D eigenvalue weighted by Gasteiger charge is 2.56. The molecule has 12 nitrogen and oxygen atoms in total. The number of nitrogens with zero attached hydrogens (tertiary/aromatic N) is 2. The number of aliphatic hydroxyl groups is 1. The summed E-state index contributed by atoms with van der Waals surface area (Å²) in [5.74, 6) is -2.16. The Bertz CT molecular complexity index is 1300. The maximum atomic E-state index is 13.2. The van der Waals surface area contributed by atoms with Crippen LogP contribution in [0.3, 0.4) is 0 Å². The summed E-state index contributed by atoms with van der Waals surface area (Å²) in [6.45, 7) is -0.642. The monoisotopic (exact) mass is 569 g/mol. The van der Waals surface area contributed by atoms with Crippen LogP contribution in [0.1, 0.15) is 24.0 Å². The topological polar surface area (TPSA) is 165 Å². The summed E-state index contributed by atoms with van der Waals surface area (Å²) in [4.78, 5) is 62.6. The number of fused-ring (bicyclic) bond motifs is 1. The number of aliphatic hydroxyl groups excluding tert-OH is 1. The van der Waals surface area contributed by atoms with Crippen LogP contribution in [0.5, 0.6) is 0 Å². The number of carbonyl (C=O) groups is 4. The Labute approximate surface area is 233 Å². The van der Waals surface area contributed by atoms with Crippen molar-refractivity contribution in [3.63, 3.8) is 0 Å². The van der Waals surface area contributed by atoms with Crippen LogP contribution in [0.25, 0.3) is 0 Å². The van der Waals surface area contributed by atoms with E-state index in [0.29, 0.717) is 11.1 Å². The molecular formula is C27H27N3O9S. The number of nitro benzene ring substituents is 1. The lowest BCUT2D eigenvalue weighted by Gasteiger charge is -2.51. The van der Waals surface area contributed by atoms with Crippen molar-refractivity contribution in [2.75, 3.05) is 13.2 Å². The van der Waals surface area contributed by atoms with Crippen LogP contribution in [-0.4, -0.2) is 69.4 Å². The number of carbonyl (C=O) groups excluding carboxylic acids is 4. The normalized spacial score (nSPS) is 19.5. The summed E-state index contributed by atoms with van der Waals surface area (Å²) >= 11 is 1.22. The van der Waals surface area contributed by atoms with E-state index in [1.165, 1.54) is 40.9 Å². The maximum Gasteiger partial charge on any atom is 0.333 e. The minimum Gasteiger partial charge on any atom is -0.461 e. The van der Waals surface area contributed by atoms with Gasteiger partial charge in [-0.3, -0.25) is 24.5 Å². The third-order valence-corrected chi connectivity index (χ3v) is 7.50. The average Bonchev–Trinajstić information content (AvgIpc) is 2.96. The molecule has 0 radical (unpaired) electrons. The highest BCUT2D eigenvalue weighted by molar-refractivity contribution is 8.02. The Hall–Kier alpha value is -4.23. The Morgan fingerprint density at radius 3 is 2.42 bits per heavy atom. The molecule has 0 spiro atoms. The van der Waals surface area contributed by atoms with Gasteiger partial charge in [-0.05, 0) is 35.1 Å². The predicted octanol–water partition coefficient (Wildman–Crippen LogP) is 1.85. The number of nitro groups is 1. The summed E-state index contributed by atoms with van der Waals surface area (Å²) in [7, 11) is 0. The van der Waals surface area contributed by atoms with Crippen molar-refractivity contribution in [1.82, 2.24) is 10.2 Å². The Kier molecular flexibility index (Phi) is 9.51. The quantitative estimate of drug-likeness (QED) is 0.167. The van der Waals surface area contributed by atoms with E-state index < -0.39 is 40.2 Å². The van der Waals surface area contributed by atoms with E-state index in [4.69, 9.17) is 14.6 Å². The van der Waals surface area contributed by atoms with Crippen molar-refractivity contribution in [2.45, 2.75) is 43.3 Å². The molecule has 13 heteroatoms. The smallest absolute Gasteiger partial charge is 0.333 e. The van der Waals surface area contributed by atoms with E-state index in [9.17, 15) is 29.3 Å². The van der Waals surface area contributed by atoms with E-state index in [2.05, 4.69) is 5.32 Å². The molecule has 1 fully saturated rings. The average molecular weight is 570 g/mol. The van der Waals surface area contributed by atoms with Gasteiger partial charge in [-0.2, -0.15) is 0 Å². The molecule has 2 amide bonds. The molecule has 2 aromatic rings. The second kappa shape index (κ2) is 13.2. The summed E-state index contributed by atoms with van der Waals surface area (Å²) in [5, 5.41) is 23.6. The summed E-state index contributed by atoms with van der Waals surface area (Å²) in [6, 6.07) is 12.5. The molecule has 4 rings (SSSR count). The third-order valence-electron chi connectivity index (χ3n) is 6.28.